The topological polar surface area (TPSA) is 149 Å². The van der Waals surface area contributed by atoms with Gasteiger partial charge in [0.15, 0.2) is 23.1 Å². The minimum atomic E-state index is -1.26. The maximum atomic E-state index is 10.3. The quantitative estimate of drug-likeness (QED) is 0.342. The molecule has 0 saturated carbocycles. The van der Waals surface area contributed by atoms with E-state index in [1.54, 1.807) is 6.07 Å². The molecule has 0 aliphatic carbocycles. The van der Waals surface area contributed by atoms with Gasteiger partial charge in [0.25, 0.3) is 5.88 Å². The molecule has 0 amide bonds. The van der Waals surface area contributed by atoms with Gasteiger partial charge < -0.3 is 30.5 Å². The van der Waals surface area contributed by atoms with E-state index in [4.69, 9.17) is 15.2 Å². The van der Waals surface area contributed by atoms with Crippen LogP contribution < -0.4 is 10.5 Å². The van der Waals surface area contributed by atoms with E-state index >= 15 is 0 Å². The number of hydrogen-bond donors (Lipinski definition) is 4. The molecule has 1 aliphatic heterocycles. The van der Waals surface area contributed by atoms with E-state index in [0.29, 0.717) is 22.6 Å². The summed E-state index contributed by atoms with van der Waals surface area (Å²) in [5, 5.41) is 29.7. The Bertz CT molecular complexity index is 1250. The van der Waals surface area contributed by atoms with Crippen molar-refractivity contribution in [1.29, 1.82) is 0 Å². The van der Waals surface area contributed by atoms with Crippen molar-refractivity contribution in [2.75, 3.05) is 12.3 Å². The van der Waals surface area contributed by atoms with E-state index in [1.807, 2.05) is 42.5 Å². The van der Waals surface area contributed by atoms with Gasteiger partial charge in [0.1, 0.15) is 24.6 Å². The average Bonchev–Trinajstić information content (AvgIpc) is 3.37. The van der Waals surface area contributed by atoms with Crippen molar-refractivity contribution in [3.63, 3.8) is 0 Å². The van der Waals surface area contributed by atoms with Gasteiger partial charge in [-0.05, 0) is 23.3 Å². The van der Waals surface area contributed by atoms with Crippen molar-refractivity contribution in [2.45, 2.75) is 24.5 Å². The third-order valence-electron chi connectivity index (χ3n) is 5.44. The van der Waals surface area contributed by atoms with Crippen LogP contribution in [-0.2, 0) is 4.74 Å². The third-order valence-corrected chi connectivity index (χ3v) is 5.44. The number of anilines is 1. The molecule has 0 radical (unpaired) electrons. The van der Waals surface area contributed by atoms with Crippen molar-refractivity contribution in [3.05, 3.63) is 61.2 Å². The number of imidazole rings is 1. The highest BCUT2D eigenvalue weighted by molar-refractivity contribution is 5.77. The minimum absolute atomic E-state index is 0.178. The summed E-state index contributed by atoms with van der Waals surface area (Å²) in [6, 6.07) is 15.3. The number of nitrogen functional groups attached to an aromatic ring is 1. The minimum Gasteiger partial charge on any atom is -0.435 e. The zero-order chi connectivity index (χ0) is 22.2. The van der Waals surface area contributed by atoms with Crippen molar-refractivity contribution in [2.24, 2.45) is 0 Å². The molecule has 4 atom stereocenters. The highest BCUT2D eigenvalue weighted by Crippen LogP contribution is 2.36. The van der Waals surface area contributed by atoms with Crippen molar-refractivity contribution in [1.82, 2.24) is 19.5 Å². The Hall–Kier alpha value is -3.57. The average molecular weight is 435 g/mol. The summed E-state index contributed by atoms with van der Waals surface area (Å²) in [4.78, 5) is 12.7. The zero-order valence-electron chi connectivity index (χ0n) is 16.8. The molecule has 164 valence electrons. The number of nitrogens with zero attached hydrogens (tertiary/aromatic N) is 4. The lowest BCUT2D eigenvalue weighted by Gasteiger charge is -2.16. The first kappa shape index (κ1) is 20.3. The van der Waals surface area contributed by atoms with E-state index in [2.05, 4.69) is 15.0 Å². The summed E-state index contributed by atoms with van der Waals surface area (Å²) < 4.78 is 13.1. The number of benzene rings is 2. The molecule has 32 heavy (non-hydrogen) atoms. The number of nitrogens with two attached hydrogens (primary N) is 1. The zero-order valence-corrected chi connectivity index (χ0v) is 16.8. The maximum Gasteiger partial charge on any atom is 0.251 e. The van der Waals surface area contributed by atoms with Crippen LogP contribution in [0.2, 0.25) is 0 Å². The maximum absolute atomic E-state index is 10.3. The number of fused-ring (bicyclic) bond motifs is 1. The number of aromatic nitrogens is 4. The number of ether oxygens (including phenoxy) is 2. The molecule has 5 rings (SSSR count). The summed E-state index contributed by atoms with van der Waals surface area (Å²) in [6.07, 6.45) is -1.67. The molecule has 0 spiro atoms. The Balaban J connectivity index is 1.49. The summed E-state index contributed by atoms with van der Waals surface area (Å²) in [5.74, 6) is 0.589. The molecule has 2 aromatic carbocycles. The number of aliphatic hydroxyl groups is 3. The molecule has 4 aromatic rings. The van der Waals surface area contributed by atoms with Crippen molar-refractivity contribution < 1.29 is 24.8 Å². The van der Waals surface area contributed by atoms with E-state index in [1.165, 1.54) is 17.2 Å². The van der Waals surface area contributed by atoms with Gasteiger partial charge in [-0.3, -0.25) is 4.57 Å². The van der Waals surface area contributed by atoms with Crippen LogP contribution in [0.1, 0.15) is 6.23 Å². The van der Waals surface area contributed by atoms with Gasteiger partial charge in [-0.2, -0.15) is 4.98 Å². The molecular formula is C22H21N5O5. The lowest BCUT2D eigenvalue weighted by Crippen LogP contribution is -2.33. The fraction of sp³-hybridized carbons (Fsp3) is 0.227. The van der Waals surface area contributed by atoms with E-state index in [-0.39, 0.29) is 5.88 Å². The second-order valence-electron chi connectivity index (χ2n) is 7.45. The van der Waals surface area contributed by atoms with Gasteiger partial charge in [0.2, 0.25) is 0 Å². The Morgan fingerprint density at radius 2 is 1.81 bits per heavy atom. The van der Waals surface area contributed by atoms with Crippen molar-refractivity contribution in [3.8, 4) is 22.8 Å². The summed E-state index contributed by atoms with van der Waals surface area (Å²) >= 11 is 0. The molecule has 0 unspecified atom stereocenters. The van der Waals surface area contributed by atoms with Crippen LogP contribution in [0.15, 0.2) is 61.2 Å². The van der Waals surface area contributed by atoms with Crippen molar-refractivity contribution >= 4 is 16.9 Å². The van der Waals surface area contributed by atoms with Crippen LogP contribution in [0.3, 0.4) is 0 Å². The molecule has 1 saturated heterocycles. The predicted molar refractivity (Wildman–Crippen MR) is 115 cm³/mol. The highest BCUT2D eigenvalue weighted by atomic mass is 16.6. The van der Waals surface area contributed by atoms with Gasteiger partial charge in [-0.1, -0.05) is 36.4 Å². The van der Waals surface area contributed by atoms with Gasteiger partial charge >= 0.3 is 0 Å². The number of aliphatic hydroxyl groups excluding tert-OH is 3. The first-order valence-corrected chi connectivity index (χ1v) is 9.99. The van der Waals surface area contributed by atoms with Crippen LogP contribution in [0.5, 0.6) is 11.6 Å². The summed E-state index contributed by atoms with van der Waals surface area (Å²) in [5.41, 5.74) is 9.16. The summed E-state index contributed by atoms with van der Waals surface area (Å²) in [7, 11) is 0. The lowest BCUT2D eigenvalue weighted by atomic mass is 10.1. The molecule has 1 aliphatic rings. The predicted octanol–water partition coefficient (Wildman–Crippen LogP) is 1.48. The molecule has 0 bridgehead atoms. The fourth-order valence-electron chi connectivity index (χ4n) is 3.74. The first-order valence-electron chi connectivity index (χ1n) is 9.99. The molecule has 3 heterocycles. The monoisotopic (exact) mass is 435 g/mol. The second kappa shape index (κ2) is 8.17. The lowest BCUT2D eigenvalue weighted by molar-refractivity contribution is -0.0511. The Morgan fingerprint density at radius 3 is 2.56 bits per heavy atom. The van der Waals surface area contributed by atoms with Gasteiger partial charge in [0, 0.05) is 0 Å². The SMILES string of the molecule is Nc1ccc(-c2ccccc2)cc1Oc1ncnc2c1ncn2[C@@H]1O[C@H](CO)[C@@H](O)[C@H]1O. The highest BCUT2D eigenvalue weighted by Gasteiger charge is 2.44. The van der Waals surface area contributed by atoms with Crippen LogP contribution in [0.4, 0.5) is 5.69 Å². The molecule has 2 aromatic heterocycles. The molecule has 10 nitrogen and oxygen atoms in total. The largest absolute Gasteiger partial charge is 0.435 e. The number of hydrogen-bond acceptors (Lipinski definition) is 9. The smallest absolute Gasteiger partial charge is 0.251 e. The second-order valence-corrected chi connectivity index (χ2v) is 7.45. The molecule has 10 heteroatoms. The van der Waals surface area contributed by atoms with Crippen LogP contribution in [-0.4, -0.2) is 59.8 Å². The van der Waals surface area contributed by atoms with Gasteiger partial charge in [0.05, 0.1) is 18.6 Å². The van der Waals surface area contributed by atoms with E-state index < -0.39 is 31.1 Å². The van der Waals surface area contributed by atoms with Crippen LogP contribution >= 0.6 is 0 Å². The van der Waals surface area contributed by atoms with Gasteiger partial charge in [-0.15, -0.1) is 0 Å². The third kappa shape index (κ3) is 3.45. The normalized spacial score (nSPS) is 23.0. The van der Waals surface area contributed by atoms with Crippen LogP contribution in [0, 0.1) is 0 Å². The standard InChI is InChI=1S/C22H21N5O5/c23-14-7-6-13(12-4-2-1-3-5-12)8-15(14)31-21-17-20(24-10-25-21)27(11-26-17)22-19(30)18(29)16(9-28)32-22/h1-8,10-11,16,18-19,22,28-30H,9,23H2/t16-,18-,19-,22-/m1/s1. The van der Waals surface area contributed by atoms with E-state index in [0.717, 1.165) is 11.1 Å². The molecule has 5 N–H and O–H groups in total. The Morgan fingerprint density at radius 1 is 1.00 bits per heavy atom. The Kier molecular flexibility index (Phi) is 5.19. The molecule has 1 fully saturated rings. The summed E-state index contributed by atoms with van der Waals surface area (Å²) in [6.45, 7) is -0.429. The number of rotatable bonds is 5. The fourth-order valence-corrected chi connectivity index (χ4v) is 3.74. The van der Waals surface area contributed by atoms with Crippen LogP contribution in [0.25, 0.3) is 22.3 Å². The van der Waals surface area contributed by atoms with E-state index in [9.17, 15) is 15.3 Å². The van der Waals surface area contributed by atoms with Gasteiger partial charge in [-0.25, -0.2) is 9.97 Å². The molecular weight excluding hydrogens is 414 g/mol. The Labute approximate surface area is 182 Å². The first-order chi connectivity index (χ1) is 15.6.